The third-order valence-electron chi connectivity index (χ3n) is 15.5. The normalized spacial score (nSPS) is 13.2. The molecule has 0 atom stereocenters. The van der Waals surface area contributed by atoms with Gasteiger partial charge in [-0.2, -0.15) is 0 Å². The van der Waals surface area contributed by atoms with Crippen molar-refractivity contribution in [3.63, 3.8) is 0 Å². The summed E-state index contributed by atoms with van der Waals surface area (Å²) in [5, 5.41) is 4.37. The van der Waals surface area contributed by atoms with Gasteiger partial charge in [0.2, 0.25) is 0 Å². The highest BCUT2D eigenvalue weighted by atomic mass is 32.2. The summed E-state index contributed by atoms with van der Waals surface area (Å²) in [4.78, 5) is 10.1. The molecule has 0 saturated heterocycles. The summed E-state index contributed by atoms with van der Waals surface area (Å²) in [6.45, 7) is 2.03. The van der Waals surface area contributed by atoms with Crippen molar-refractivity contribution in [2.24, 2.45) is 0 Å². The molecule has 0 N–H and O–H groups in total. The Morgan fingerprint density at radius 1 is 0.473 bits per heavy atom. The standard InChI is InChI=1S/C66H44BN3O2S2/c1-2-3-19-40-32-33-53(47(34-40)41-20-7-4-8-21-41)69-54-39-60-59(73-57-30-17-18-31-58(57)74-60)38-52(54)67-61-48(37-50-45-26-13-15-28-55(45)71-65(50)64(61)69)49-35-44(68(42-22-9-5-10-23-42)43-24-11-6-12-25-43)36-51-62(49)70(67)63-46-27-14-16-29-56(46)72-66(51)63/h4-18,20-39H,2-3,19H2,1H3. The lowest BCUT2D eigenvalue weighted by Gasteiger charge is -2.41. The highest BCUT2D eigenvalue weighted by molar-refractivity contribution is 8.05. The number of aromatic nitrogens is 1. The van der Waals surface area contributed by atoms with E-state index in [-0.39, 0.29) is 6.85 Å². The number of benzene rings is 10. The van der Waals surface area contributed by atoms with Crippen LogP contribution in [0.1, 0.15) is 25.3 Å². The third-order valence-corrected chi connectivity index (χ3v) is 18.1. The summed E-state index contributed by atoms with van der Waals surface area (Å²) in [6, 6.07) is 78.0. The van der Waals surface area contributed by atoms with Crippen LogP contribution >= 0.6 is 23.5 Å². The van der Waals surface area contributed by atoms with Gasteiger partial charge >= 0.3 is 6.85 Å². The zero-order chi connectivity index (χ0) is 48.6. The molecule has 6 heterocycles. The molecule has 3 aliphatic rings. The van der Waals surface area contributed by atoms with Crippen LogP contribution in [-0.2, 0) is 6.42 Å². The van der Waals surface area contributed by atoms with Gasteiger partial charge in [-0.15, -0.1) is 0 Å². The minimum Gasteiger partial charge on any atom is -0.454 e. The van der Waals surface area contributed by atoms with Crippen LogP contribution < -0.4 is 20.7 Å². The van der Waals surface area contributed by atoms with E-state index in [1.165, 1.54) is 58.3 Å². The van der Waals surface area contributed by atoms with Gasteiger partial charge in [0.05, 0.1) is 16.9 Å². The molecule has 8 heteroatoms. The number of para-hydroxylation sites is 4. The number of hydrogen-bond acceptors (Lipinski definition) is 6. The van der Waals surface area contributed by atoms with Crippen molar-refractivity contribution >= 4 is 130 Å². The molecule has 0 radical (unpaired) electrons. The average molecular weight is 986 g/mol. The quantitative estimate of drug-likeness (QED) is 0.141. The number of hydrogen-bond donors (Lipinski definition) is 0. The average Bonchev–Trinajstić information content (AvgIpc) is 4.16. The number of aryl methyl sites for hydroxylation is 1. The molecule has 13 aromatic rings. The molecule has 350 valence electrons. The Labute approximate surface area is 436 Å². The van der Waals surface area contributed by atoms with Crippen LogP contribution in [0.15, 0.2) is 241 Å². The largest absolute Gasteiger partial charge is 0.454 e. The number of furan rings is 2. The van der Waals surface area contributed by atoms with E-state index in [2.05, 4.69) is 234 Å². The van der Waals surface area contributed by atoms with Crippen molar-refractivity contribution in [1.29, 1.82) is 0 Å². The molecule has 74 heavy (non-hydrogen) atoms. The first-order chi connectivity index (χ1) is 36.7. The topological polar surface area (TPSA) is 37.7 Å². The Kier molecular flexibility index (Phi) is 9.34. The highest BCUT2D eigenvalue weighted by Crippen LogP contribution is 2.56. The van der Waals surface area contributed by atoms with E-state index >= 15 is 0 Å². The van der Waals surface area contributed by atoms with Crippen LogP contribution in [0.2, 0.25) is 0 Å². The van der Waals surface area contributed by atoms with E-state index in [0.717, 1.165) is 108 Å². The fourth-order valence-electron chi connectivity index (χ4n) is 12.3. The molecule has 0 bridgehead atoms. The van der Waals surface area contributed by atoms with Gasteiger partial charge in [0.15, 0.2) is 11.2 Å². The SMILES string of the molecule is CCCCc1ccc(N2c3cc4c(cc3B3c5c(cc6c(oc7ccccc76)c52)-c2cc(N(c5ccccc5)c5ccccc5)cc5c6oc7ccccc7c6n3c25)Sc2ccccc2S4)c(-c2ccccc2)c1. The summed E-state index contributed by atoms with van der Waals surface area (Å²) >= 11 is 3.75. The minimum absolute atomic E-state index is 0.250. The van der Waals surface area contributed by atoms with E-state index in [0.29, 0.717) is 0 Å². The molecule has 0 aliphatic carbocycles. The van der Waals surface area contributed by atoms with Crippen LogP contribution in [0.5, 0.6) is 0 Å². The molecule has 3 aromatic heterocycles. The van der Waals surface area contributed by atoms with Crippen LogP contribution in [0.4, 0.5) is 34.1 Å². The molecule has 0 saturated carbocycles. The van der Waals surface area contributed by atoms with Gasteiger partial charge < -0.3 is 23.1 Å². The Morgan fingerprint density at radius 2 is 1.11 bits per heavy atom. The Hall–Kier alpha value is -8.30. The summed E-state index contributed by atoms with van der Waals surface area (Å²) in [6.07, 6.45) is 3.29. The second-order valence-electron chi connectivity index (χ2n) is 19.8. The van der Waals surface area contributed by atoms with Gasteiger partial charge in [0.1, 0.15) is 11.2 Å². The van der Waals surface area contributed by atoms with E-state index in [1.807, 2.05) is 23.5 Å². The number of rotatable bonds is 8. The summed E-state index contributed by atoms with van der Waals surface area (Å²) in [5.41, 5.74) is 20.9. The van der Waals surface area contributed by atoms with Gasteiger partial charge in [-0.1, -0.05) is 152 Å². The Balaban J connectivity index is 1.09. The predicted molar refractivity (Wildman–Crippen MR) is 310 cm³/mol. The first kappa shape index (κ1) is 42.2. The molecular weight excluding hydrogens is 942 g/mol. The molecule has 0 unspecified atom stereocenters. The van der Waals surface area contributed by atoms with Gasteiger partial charge in [-0.25, -0.2) is 0 Å². The summed E-state index contributed by atoms with van der Waals surface area (Å²) < 4.78 is 17.2. The lowest BCUT2D eigenvalue weighted by atomic mass is 9.45. The lowest BCUT2D eigenvalue weighted by molar-refractivity contribution is 0.669. The fourth-order valence-corrected chi connectivity index (χ4v) is 14.6. The van der Waals surface area contributed by atoms with Crippen LogP contribution in [0, 0.1) is 0 Å². The number of unbranched alkanes of at least 4 members (excludes halogenated alkanes) is 1. The van der Waals surface area contributed by atoms with Gasteiger partial charge in [0.25, 0.3) is 0 Å². The van der Waals surface area contributed by atoms with E-state index < -0.39 is 0 Å². The van der Waals surface area contributed by atoms with Crippen molar-refractivity contribution in [1.82, 2.24) is 4.48 Å². The third kappa shape index (κ3) is 6.16. The van der Waals surface area contributed by atoms with Gasteiger partial charge in [-0.3, -0.25) is 0 Å². The number of nitrogens with zero attached hydrogens (tertiary/aromatic N) is 3. The summed E-state index contributed by atoms with van der Waals surface area (Å²) in [7, 11) is 0. The molecule has 10 aromatic carbocycles. The lowest BCUT2D eigenvalue weighted by Crippen LogP contribution is -2.56. The number of anilines is 6. The van der Waals surface area contributed by atoms with Crippen molar-refractivity contribution in [3.8, 4) is 22.3 Å². The molecular formula is C66H44BN3O2S2. The zero-order valence-corrected chi connectivity index (χ0v) is 42.0. The van der Waals surface area contributed by atoms with Crippen LogP contribution in [0.25, 0.3) is 77.2 Å². The van der Waals surface area contributed by atoms with Crippen molar-refractivity contribution in [2.45, 2.75) is 45.8 Å². The van der Waals surface area contributed by atoms with Gasteiger partial charge in [0, 0.05) is 80.5 Å². The summed E-state index contributed by atoms with van der Waals surface area (Å²) in [5.74, 6) is 0. The van der Waals surface area contributed by atoms with Gasteiger partial charge in [-0.05, 0) is 138 Å². The Bertz CT molecular complexity index is 4410. The maximum atomic E-state index is 7.35. The van der Waals surface area contributed by atoms with Crippen molar-refractivity contribution in [2.75, 3.05) is 9.80 Å². The van der Waals surface area contributed by atoms with Crippen LogP contribution in [0.3, 0.4) is 0 Å². The second-order valence-corrected chi connectivity index (χ2v) is 21.9. The second kappa shape index (κ2) is 16.4. The van der Waals surface area contributed by atoms with E-state index in [9.17, 15) is 0 Å². The predicted octanol–water partition coefficient (Wildman–Crippen LogP) is 18.0. The maximum Gasteiger partial charge on any atom is 0.333 e. The molecule has 0 spiro atoms. The molecule has 0 fully saturated rings. The molecule has 5 nitrogen and oxygen atoms in total. The molecule has 3 aliphatic heterocycles. The smallest absolute Gasteiger partial charge is 0.333 e. The van der Waals surface area contributed by atoms with E-state index in [1.54, 1.807) is 0 Å². The number of fused-ring (bicyclic) bond motifs is 15. The first-order valence-electron chi connectivity index (χ1n) is 25.7. The minimum atomic E-state index is -0.250. The zero-order valence-electron chi connectivity index (χ0n) is 40.4. The monoisotopic (exact) mass is 985 g/mol. The fraction of sp³-hybridized carbons (Fsp3) is 0.0606. The van der Waals surface area contributed by atoms with Crippen molar-refractivity contribution in [3.05, 3.63) is 218 Å². The first-order valence-corrected chi connectivity index (χ1v) is 27.3. The maximum absolute atomic E-state index is 7.35. The van der Waals surface area contributed by atoms with E-state index in [4.69, 9.17) is 8.83 Å². The molecule has 0 amide bonds. The molecule has 16 rings (SSSR count). The van der Waals surface area contributed by atoms with Crippen LogP contribution in [-0.4, -0.2) is 11.3 Å². The highest BCUT2D eigenvalue weighted by Gasteiger charge is 2.47. The Morgan fingerprint density at radius 3 is 1.84 bits per heavy atom. The van der Waals surface area contributed by atoms with Crippen molar-refractivity contribution < 1.29 is 8.83 Å².